The number of nitrogens with one attached hydrogen (secondary N) is 1. The molecule has 8 nitrogen and oxygen atoms in total. The van der Waals surface area contributed by atoms with Crippen LogP contribution in [0.5, 0.6) is 0 Å². The monoisotopic (exact) mass is 287 g/mol. The maximum Gasteiger partial charge on any atom is 0.317 e. The summed E-state index contributed by atoms with van der Waals surface area (Å²) in [6.07, 6.45) is -0.129. The maximum absolute atomic E-state index is 12.1. The fourth-order valence-electron chi connectivity index (χ4n) is 1.78. The largest absolute Gasteiger partial charge is 0.481 e. The van der Waals surface area contributed by atoms with Crippen LogP contribution < -0.4 is 5.32 Å². The van der Waals surface area contributed by atoms with E-state index in [4.69, 9.17) is 9.84 Å². The number of hydrogen-bond acceptors (Lipinski definition) is 4. The zero-order valence-corrected chi connectivity index (χ0v) is 11.8. The second-order valence-corrected chi connectivity index (χ2v) is 4.67. The zero-order chi connectivity index (χ0) is 15.1. The van der Waals surface area contributed by atoms with Crippen molar-refractivity contribution in [2.24, 2.45) is 0 Å². The number of urea groups is 1. The van der Waals surface area contributed by atoms with E-state index in [2.05, 4.69) is 5.32 Å². The van der Waals surface area contributed by atoms with Crippen molar-refractivity contribution in [2.45, 2.75) is 19.4 Å². The molecule has 0 aromatic rings. The maximum atomic E-state index is 12.1. The first-order chi connectivity index (χ1) is 9.41. The number of amides is 3. The molecule has 0 saturated carbocycles. The van der Waals surface area contributed by atoms with Crippen LogP contribution in [0.2, 0.25) is 0 Å². The molecule has 8 heteroatoms. The summed E-state index contributed by atoms with van der Waals surface area (Å²) in [5.41, 5.74) is 0. The predicted octanol–water partition coefficient (Wildman–Crippen LogP) is -0.650. The van der Waals surface area contributed by atoms with Crippen LogP contribution in [0.25, 0.3) is 0 Å². The van der Waals surface area contributed by atoms with Gasteiger partial charge >= 0.3 is 12.0 Å². The SMILES string of the molecule is CC(NC(=O)N(C)CCC(=O)O)C(=O)N1CCOCC1. The van der Waals surface area contributed by atoms with Gasteiger partial charge in [-0.2, -0.15) is 0 Å². The standard InChI is InChI=1S/C12H21N3O5/c1-9(11(18)15-5-7-20-8-6-15)13-12(19)14(2)4-3-10(16)17/h9H,3-8H2,1-2H3,(H,13,19)(H,16,17). The van der Waals surface area contributed by atoms with Gasteiger partial charge in [-0.05, 0) is 6.92 Å². The van der Waals surface area contributed by atoms with E-state index >= 15 is 0 Å². The fraction of sp³-hybridized carbons (Fsp3) is 0.750. The van der Waals surface area contributed by atoms with Gasteiger partial charge in [-0.15, -0.1) is 0 Å². The van der Waals surface area contributed by atoms with Crippen molar-refractivity contribution < 1.29 is 24.2 Å². The number of aliphatic carboxylic acids is 1. The van der Waals surface area contributed by atoms with Crippen molar-refractivity contribution in [3.05, 3.63) is 0 Å². The minimum absolute atomic E-state index is 0.0969. The van der Waals surface area contributed by atoms with E-state index < -0.39 is 18.0 Å². The average molecular weight is 287 g/mol. The molecule has 20 heavy (non-hydrogen) atoms. The van der Waals surface area contributed by atoms with Crippen molar-refractivity contribution in [1.29, 1.82) is 0 Å². The van der Waals surface area contributed by atoms with Gasteiger partial charge in [-0.25, -0.2) is 4.79 Å². The predicted molar refractivity (Wildman–Crippen MR) is 70.3 cm³/mol. The third-order valence-electron chi connectivity index (χ3n) is 3.04. The van der Waals surface area contributed by atoms with Crippen LogP contribution in [0, 0.1) is 0 Å². The van der Waals surface area contributed by atoms with Gasteiger partial charge in [0, 0.05) is 26.7 Å². The molecule has 1 atom stereocenters. The van der Waals surface area contributed by atoms with Gasteiger partial charge in [0.05, 0.1) is 19.6 Å². The molecule has 1 aliphatic heterocycles. The molecule has 0 aromatic heterocycles. The molecule has 1 aliphatic rings. The molecular formula is C12H21N3O5. The highest BCUT2D eigenvalue weighted by atomic mass is 16.5. The Labute approximate surface area is 117 Å². The van der Waals surface area contributed by atoms with Gasteiger partial charge in [0.2, 0.25) is 5.91 Å². The van der Waals surface area contributed by atoms with Gasteiger partial charge in [-0.3, -0.25) is 9.59 Å². The molecule has 1 fully saturated rings. The smallest absolute Gasteiger partial charge is 0.317 e. The molecule has 1 heterocycles. The van der Waals surface area contributed by atoms with E-state index in [1.165, 1.54) is 11.9 Å². The number of carbonyl (C=O) groups is 3. The van der Waals surface area contributed by atoms with Gasteiger partial charge in [0.25, 0.3) is 0 Å². The molecule has 0 spiro atoms. The normalized spacial score (nSPS) is 16.4. The molecule has 114 valence electrons. The number of ether oxygens (including phenoxy) is 1. The van der Waals surface area contributed by atoms with Crippen LogP contribution in [0.1, 0.15) is 13.3 Å². The second-order valence-electron chi connectivity index (χ2n) is 4.67. The van der Waals surface area contributed by atoms with Crippen LogP contribution in [0.3, 0.4) is 0 Å². The lowest BCUT2D eigenvalue weighted by atomic mass is 10.2. The molecule has 0 radical (unpaired) electrons. The lowest BCUT2D eigenvalue weighted by Crippen LogP contribution is -2.52. The number of morpholine rings is 1. The topological polar surface area (TPSA) is 99.2 Å². The Morgan fingerprint density at radius 3 is 2.50 bits per heavy atom. The molecule has 0 aliphatic carbocycles. The molecule has 1 rings (SSSR count). The summed E-state index contributed by atoms with van der Waals surface area (Å²) in [6.45, 7) is 3.76. The van der Waals surface area contributed by atoms with E-state index in [9.17, 15) is 14.4 Å². The van der Waals surface area contributed by atoms with E-state index in [1.807, 2.05) is 0 Å². The Morgan fingerprint density at radius 2 is 1.95 bits per heavy atom. The number of carboxylic acids is 1. The van der Waals surface area contributed by atoms with E-state index in [0.717, 1.165) is 0 Å². The Balaban J connectivity index is 2.39. The summed E-state index contributed by atoms with van der Waals surface area (Å²) in [6, 6.07) is -1.10. The van der Waals surface area contributed by atoms with E-state index in [1.54, 1.807) is 11.8 Å². The molecule has 2 N–H and O–H groups in total. The molecule has 0 bridgehead atoms. The quantitative estimate of drug-likeness (QED) is 0.700. The fourth-order valence-corrected chi connectivity index (χ4v) is 1.78. The van der Waals surface area contributed by atoms with Crippen molar-refractivity contribution >= 4 is 17.9 Å². The molecule has 3 amide bonds. The molecule has 0 aromatic carbocycles. The van der Waals surface area contributed by atoms with Crippen LogP contribution in [0.15, 0.2) is 0 Å². The third kappa shape index (κ3) is 5.04. The summed E-state index contributed by atoms with van der Waals surface area (Å²) in [5.74, 6) is -1.13. The summed E-state index contributed by atoms with van der Waals surface area (Å²) in [4.78, 5) is 37.2. The molecular weight excluding hydrogens is 266 g/mol. The first-order valence-electron chi connectivity index (χ1n) is 6.51. The van der Waals surface area contributed by atoms with Crippen LogP contribution in [-0.4, -0.2) is 78.8 Å². The number of carbonyl (C=O) groups excluding carboxylic acids is 2. The van der Waals surface area contributed by atoms with Gasteiger partial charge in [-0.1, -0.05) is 0 Å². The van der Waals surface area contributed by atoms with E-state index in [0.29, 0.717) is 26.3 Å². The number of carboxylic acid groups (broad SMARTS) is 1. The van der Waals surface area contributed by atoms with E-state index in [-0.39, 0.29) is 18.9 Å². The van der Waals surface area contributed by atoms with Crippen LogP contribution >= 0.6 is 0 Å². The van der Waals surface area contributed by atoms with Crippen LogP contribution in [0.4, 0.5) is 4.79 Å². The van der Waals surface area contributed by atoms with Gasteiger partial charge in [0.15, 0.2) is 0 Å². The Bertz CT molecular complexity index is 368. The van der Waals surface area contributed by atoms with Gasteiger partial charge in [0.1, 0.15) is 6.04 Å². The Morgan fingerprint density at radius 1 is 1.35 bits per heavy atom. The van der Waals surface area contributed by atoms with Crippen molar-refractivity contribution in [1.82, 2.24) is 15.1 Å². The first-order valence-corrected chi connectivity index (χ1v) is 6.51. The lowest BCUT2D eigenvalue weighted by molar-refractivity contribution is -0.138. The van der Waals surface area contributed by atoms with Crippen molar-refractivity contribution in [2.75, 3.05) is 39.9 Å². The minimum atomic E-state index is -0.970. The highest BCUT2D eigenvalue weighted by Crippen LogP contribution is 2.01. The zero-order valence-electron chi connectivity index (χ0n) is 11.8. The van der Waals surface area contributed by atoms with Crippen molar-refractivity contribution in [3.8, 4) is 0 Å². The minimum Gasteiger partial charge on any atom is -0.481 e. The van der Waals surface area contributed by atoms with Gasteiger partial charge < -0.3 is 25.0 Å². The molecule has 1 unspecified atom stereocenters. The highest BCUT2D eigenvalue weighted by molar-refractivity contribution is 5.86. The summed E-state index contributed by atoms with van der Waals surface area (Å²) in [7, 11) is 1.49. The number of nitrogens with zero attached hydrogens (tertiary/aromatic N) is 2. The summed E-state index contributed by atoms with van der Waals surface area (Å²) >= 11 is 0. The number of hydrogen-bond donors (Lipinski definition) is 2. The number of rotatable bonds is 5. The van der Waals surface area contributed by atoms with Crippen LogP contribution in [-0.2, 0) is 14.3 Å². The highest BCUT2D eigenvalue weighted by Gasteiger charge is 2.24. The average Bonchev–Trinajstić information content (AvgIpc) is 2.44. The molecule has 1 saturated heterocycles. The lowest BCUT2D eigenvalue weighted by Gasteiger charge is -2.30. The summed E-state index contributed by atoms with van der Waals surface area (Å²) in [5, 5.41) is 11.1. The third-order valence-corrected chi connectivity index (χ3v) is 3.04. The summed E-state index contributed by atoms with van der Waals surface area (Å²) < 4.78 is 5.16. The second kappa shape index (κ2) is 7.68. The Kier molecular flexibility index (Phi) is 6.23. The van der Waals surface area contributed by atoms with Crippen molar-refractivity contribution in [3.63, 3.8) is 0 Å². The first kappa shape index (κ1) is 16.2. The Hall–Kier alpha value is -1.83.